The maximum Gasteiger partial charge on any atom is 0.263 e. The van der Waals surface area contributed by atoms with Gasteiger partial charge in [-0.1, -0.05) is 36.4 Å². The highest BCUT2D eigenvalue weighted by atomic mass is 16.1. The molecule has 0 fully saturated rings. The molecule has 0 bridgehead atoms. The molecule has 33 heavy (non-hydrogen) atoms. The number of benzene rings is 2. The number of aliphatic imine (C=N–C) groups is 2. The molecule has 2 unspecified atom stereocenters. The Balaban J connectivity index is 1.70. The summed E-state index contributed by atoms with van der Waals surface area (Å²) in [5, 5.41) is 15.8. The summed E-state index contributed by atoms with van der Waals surface area (Å²) >= 11 is 0. The van der Waals surface area contributed by atoms with Crippen LogP contribution in [0.5, 0.6) is 0 Å². The number of nitrogens with two attached hydrogens (primary N) is 2. The molecule has 2 aliphatic heterocycles. The van der Waals surface area contributed by atoms with Gasteiger partial charge in [-0.2, -0.15) is 5.10 Å². The van der Waals surface area contributed by atoms with E-state index in [9.17, 15) is 4.79 Å². The van der Waals surface area contributed by atoms with E-state index in [1.807, 2.05) is 62.4 Å². The van der Waals surface area contributed by atoms with Crippen molar-refractivity contribution in [3.63, 3.8) is 0 Å². The van der Waals surface area contributed by atoms with Gasteiger partial charge in [0.05, 0.1) is 17.6 Å². The van der Waals surface area contributed by atoms with Crippen molar-refractivity contribution in [3.05, 3.63) is 75.7 Å². The molecular formula is C24H24N8O. The summed E-state index contributed by atoms with van der Waals surface area (Å²) in [4.78, 5) is 22.3. The molecule has 3 heterocycles. The van der Waals surface area contributed by atoms with Crippen molar-refractivity contribution in [1.29, 1.82) is 5.41 Å². The summed E-state index contributed by atoms with van der Waals surface area (Å²) in [5.74, 6) is -0.348. The monoisotopic (exact) mass is 440 g/mol. The highest BCUT2D eigenvalue weighted by Crippen LogP contribution is 2.29. The second-order valence-corrected chi connectivity index (χ2v) is 8.31. The van der Waals surface area contributed by atoms with Crippen LogP contribution >= 0.6 is 0 Å². The average Bonchev–Trinajstić information content (AvgIpc) is 3.15. The third kappa shape index (κ3) is 3.29. The molecule has 2 aromatic carbocycles. The highest BCUT2D eigenvalue weighted by Gasteiger charge is 2.42. The van der Waals surface area contributed by atoms with Gasteiger partial charge in [0.1, 0.15) is 29.6 Å². The lowest BCUT2D eigenvalue weighted by Gasteiger charge is -2.27. The van der Waals surface area contributed by atoms with Gasteiger partial charge in [-0.3, -0.25) is 19.8 Å². The van der Waals surface area contributed by atoms with Crippen LogP contribution in [0.2, 0.25) is 0 Å². The Hall–Kier alpha value is -4.27. The molecular weight excluding hydrogens is 416 g/mol. The molecule has 9 nitrogen and oxygen atoms in total. The van der Waals surface area contributed by atoms with Gasteiger partial charge in [-0.25, -0.2) is 9.98 Å². The van der Waals surface area contributed by atoms with Crippen LogP contribution in [0.1, 0.15) is 16.8 Å². The van der Waals surface area contributed by atoms with Crippen molar-refractivity contribution >= 4 is 34.5 Å². The van der Waals surface area contributed by atoms with Crippen molar-refractivity contribution in [3.8, 4) is 5.69 Å². The fourth-order valence-electron chi connectivity index (χ4n) is 4.58. The minimum Gasteiger partial charge on any atom is -0.386 e. The molecule has 2 atom stereocenters. The Bertz CT molecular complexity index is 1450. The van der Waals surface area contributed by atoms with Crippen molar-refractivity contribution in [2.24, 2.45) is 32.5 Å². The Morgan fingerprint density at radius 2 is 1.88 bits per heavy atom. The van der Waals surface area contributed by atoms with Gasteiger partial charge in [-0.15, -0.1) is 0 Å². The minimum absolute atomic E-state index is 0.0883. The van der Waals surface area contributed by atoms with Crippen molar-refractivity contribution in [2.45, 2.75) is 26.6 Å². The van der Waals surface area contributed by atoms with Gasteiger partial charge in [-0.05, 0) is 42.5 Å². The van der Waals surface area contributed by atoms with Crippen LogP contribution in [0, 0.1) is 25.2 Å². The zero-order chi connectivity index (χ0) is 23.3. The van der Waals surface area contributed by atoms with E-state index in [4.69, 9.17) is 16.9 Å². The summed E-state index contributed by atoms with van der Waals surface area (Å²) in [7, 11) is 0. The molecule has 5 N–H and O–H groups in total. The predicted octanol–water partition coefficient (Wildman–Crippen LogP) is 2.06. The standard InChI is InChI=1S/C24H24N8O/c1-13-6-3-4-9-17(13)32-16(10-15-8-5-7-14(2)18(15)24(32)33)11-31-23-19(20(30-31)21(25)26)22(27)28-12-29-23/h3-10,12,19,23H,11H2,1-2H3,(H3,25,26)(H2,27,28,29). The molecule has 0 saturated carbocycles. The molecule has 1 aromatic heterocycles. The first-order valence-electron chi connectivity index (χ1n) is 10.6. The summed E-state index contributed by atoms with van der Waals surface area (Å²) in [5.41, 5.74) is 15.6. The lowest BCUT2D eigenvalue weighted by Crippen LogP contribution is -2.45. The first-order chi connectivity index (χ1) is 15.9. The molecule has 0 amide bonds. The summed E-state index contributed by atoms with van der Waals surface area (Å²) in [6, 6.07) is 15.6. The SMILES string of the molecule is Cc1ccccc1-n1c(CN2N=C(C(=N)N)C3C(N)=NC=NC32)cc2cccc(C)c2c1=O. The zero-order valence-corrected chi connectivity index (χ0v) is 18.4. The number of nitrogens with zero attached hydrogens (tertiary/aromatic N) is 5. The average molecular weight is 441 g/mol. The van der Waals surface area contributed by atoms with E-state index in [2.05, 4.69) is 15.1 Å². The normalized spacial score (nSPS) is 19.4. The van der Waals surface area contributed by atoms with E-state index in [1.54, 1.807) is 9.58 Å². The number of rotatable bonds is 4. The summed E-state index contributed by atoms with van der Waals surface area (Å²) in [6.45, 7) is 4.20. The number of hydrogen-bond acceptors (Lipinski definition) is 7. The van der Waals surface area contributed by atoms with E-state index in [1.165, 1.54) is 6.34 Å². The topological polar surface area (TPSA) is 138 Å². The van der Waals surface area contributed by atoms with E-state index in [0.717, 1.165) is 27.9 Å². The van der Waals surface area contributed by atoms with Gasteiger partial charge in [0.25, 0.3) is 5.56 Å². The molecule has 0 aliphatic carbocycles. The van der Waals surface area contributed by atoms with Crippen molar-refractivity contribution < 1.29 is 0 Å². The van der Waals surface area contributed by atoms with Crippen LogP contribution in [0.25, 0.3) is 16.5 Å². The summed E-state index contributed by atoms with van der Waals surface area (Å²) < 4.78 is 1.74. The van der Waals surface area contributed by atoms with E-state index in [-0.39, 0.29) is 17.9 Å². The Morgan fingerprint density at radius 1 is 1.12 bits per heavy atom. The quantitative estimate of drug-likeness (QED) is 0.422. The van der Waals surface area contributed by atoms with Gasteiger partial charge >= 0.3 is 0 Å². The number of hydrogen-bond donors (Lipinski definition) is 3. The third-order valence-electron chi connectivity index (χ3n) is 6.17. The Morgan fingerprint density at radius 3 is 2.64 bits per heavy atom. The lowest BCUT2D eigenvalue weighted by molar-refractivity contribution is 0.210. The molecule has 166 valence electrons. The highest BCUT2D eigenvalue weighted by molar-refractivity contribution is 6.44. The van der Waals surface area contributed by atoms with Crippen LogP contribution in [-0.4, -0.2) is 39.5 Å². The Kier molecular flexibility index (Phi) is 4.81. The fourth-order valence-corrected chi connectivity index (χ4v) is 4.58. The first kappa shape index (κ1) is 20.6. The van der Waals surface area contributed by atoms with Gasteiger partial charge < -0.3 is 11.5 Å². The smallest absolute Gasteiger partial charge is 0.263 e. The number of nitrogens with one attached hydrogen (secondary N) is 1. The largest absolute Gasteiger partial charge is 0.386 e. The van der Waals surface area contributed by atoms with Crippen LogP contribution in [0.3, 0.4) is 0 Å². The van der Waals surface area contributed by atoms with Crippen LogP contribution in [-0.2, 0) is 6.54 Å². The predicted molar refractivity (Wildman–Crippen MR) is 131 cm³/mol. The van der Waals surface area contributed by atoms with E-state index < -0.39 is 12.1 Å². The minimum atomic E-state index is -0.492. The molecule has 0 spiro atoms. The van der Waals surface area contributed by atoms with Crippen LogP contribution in [0.4, 0.5) is 0 Å². The van der Waals surface area contributed by atoms with Gasteiger partial charge in [0.15, 0.2) is 6.17 Å². The third-order valence-corrected chi connectivity index (χ3v) is 6.17. The van der Waals surface area contributed by atoms with Crippen LogP contribution in [0.15, 0.2) is 68.4 Å². The second kappa shape index (κ2) is 7.70. The number of aromatic nitrogens is 1. The number of para-hydroxylation sites is 1. The maximum atomic E-state index is 13.8. The number of aryl methyl sites for hydroxylation is 2. The van der Waals surface area contributed by atoms with Gasteiger partial charge in [0, 0.05) is 5.69 Å². The van der Waals surface area contributed by atoms with Crippen molar-refractivity contribution in [1.82, 2.24) is 9.58 Å². The molecule has 0 saturated heterocycles. The number of pyridine rings is 1. The zero-order valence-electron chi connectivity index (χ0n) is 18.4. The molecule has 0 radical (unpaired) electrons. The Labute approximate surface area is 190 Å². The maximum absolute atomic E-state index is 13.8. The number of hydrazone groups is 1. The number of fused-ring (bicyclic) bond motifs is 2. The van der Waals surface area contributed by atoms with E-state index in [0.29, 0.717) is 16.9 Å². The molecule has 9 heteroatoms. The van der Waals surface area contributed by atoms with E-state index >= 15 is 0 Å². The fraction of sp³-hybridized carbons (Fsp3) is 0.208. The summed E-state index contributed by atoms with van der Waals surface area (Å²) in [6.07, 6.45) is 0.926. The number of amidine groups is 2. The molecule has 3 aromatic rings. The molecule has 5 rings (SSSR count). The first-order valence-corrected chi connectivity index (χ1v) is 10.6. The van der Waals surface area contributed by atoms with Crippen molar-refractivity contribution in [2.75, 3.05) is 0 Å². The second-order valence-electron chi connectivity index (χ2n) is 8.31. The molecule has 2 aliphatic rings. The van der Waals surface area contributed by atoms with Gasteiger partial charge in [0.2, 0.25) is 0 Å². The lowest BCUT2D eigenvalue weighted by atomic mass is 9.98. The van der Waals surface area contributed by atoms with Crippen LogP contribution < -0.4 is 17.0 Å².